The number of rotatable bonds is 9. The van der Waals surface area contributed by atoms with Gasteiger partial charge < -0.3 is 10.1 Å². The van der Waals surface area contributed by atoms with Crippen LogP contribution in [0.4, 0.5) is 5.13 Å². The van der Waals surface area contributed by atoms with E-state index in [4.69, 9.17) is 4.74 Å². The van der Waals surface area contributed by atoms with Gasteiger partial charge in [0.05, 0.1) is 24.5 Å². The number of thiophene rings is 1. The SMILES string of the molecule is CCOC(=O)Cc1csc(NC(=O)CSc2nnc(-c3csc4c3CCCC4)n2C(C)C)n1. The average Bonchev–Trinajstić information content (AvgIpc) is 3.50. The minimum atomic E-state index is -0.327. The van der Waals surface area contributed by atoms with Gasteiger partial charge in [-0.05, 0) is 52.0 Å². The first kappa shape index (κ1) is 23.9. The smallest absolute Gasteiger partial charge is 0.311 e. The predicted octanol–water partition coefficient (Wildman–Crippen LogP) is 4.76. The van der Waals surface area contributed by atoms with E-state index in [2.05, 4.69) is 44.3 Å². The minimum absolute atomic E-state index is 0.0987. The van der Waals surface area contributed by atoms with Gasteiger partial charge >= 0.3 is 5.97 Å². The summed E-state index contributed by atoms with van der Waals surface area (Å²) < 4.78 is 7.05. The first-order valence-corrected chi connectivity index (χ1v) is 13.8. The maximum atomic E-state index is 12.5. The molecule has 0 saturated heterocycles. The van der Waals surface area contributed by atoms with Crippen LogP contribution in [-0.2, 0) is 33.6 Å². The summed E-state index contributed by atoms with van der Waals surface area (Å²) in [5, 5.41) is 16.9. The molecule has 0 atom stereocenters. The molecule has 1 N–H and O–H groups in total. The third-order valence-corrected chi connectivity index (χ3v) is 8.08. The molecule has 3 heterocycles. The predicted molar refractivity (Wildman–Crippen MR) is 132 cm³/mol. The van der Waals surface area contributed by atoms with E-state index in [0.717, 1.165) is 23.8 Å². The van der Waals surface area contributed by atoms with Crippen molar-refractivity contribution in [2.24, 2.45) is 0 Å². The number of fused-ring (bicyclic) bond motifs is 1. The van der Waals surface area contributed by atoms with Gasteiger partial charge in [-0.1, -0.05) is 11.8 Å². The van der Waals surface area contributed by atoms with Gasteiger partial charge in [0.1, 0.15) is 0 Å². The Kier molecular flexibility index (Phi) is 7.82. The number of carbonyl (C=O) groups is 2. The van der Waals surface area contributed by atoms with Crippen molar-refractivity contribution >= 4 is 51.4 Å². The summed E-state index contributed by atoms with van der Waals surface area (Å²) in [6, 6.07) is 0.170. The van der Waals surface area contributed by atoms with Crippen molar-refractivity contribution < 1.29 is 14.3 Å². The zero-order valence-electron chi connectivity index (χ0n) is 18.9. The van der Waals surface area contributed by atoms with E-state index in [-0.39, 0.29) is 30.1 Å². The molecule has 0 aromatic carbocycles. The molecule has 0 aliphatic heterocycles. The summed E-state index contributed by atoms with van der Waals surface area (Å²) in [5.74, 6) is 0.576. The van der Waals surface area contributed by atoms with Gasteiger partial charge in [0.15, 0.2) is 16.1 Å². The van der Waals surface area contributed by atoms with Gasteiger partial charge in [-0.3, -0.25) is 14.2 Å². The van der Waals surface area contributed by atoms with Crippen LogP contribution in [-0.4, -0.2) is 44.0 Å². The fraction of sp³-hybridized carbons (Fsp3) is 0.500. The molecule has 0 saturated carbocycles. The summed E-state index contributed by atoms with van der Waals surface area (Å²) >= 11 is 4.47. The summed E-state index contributed by atoms with van der Waals surface area (Å²) in [4.78, 5) is 29.9. The number of thiazole rings is 1. The number of anilines is 1. The standard InChI is InChI=1S/C22H27N5O3S3/c1-4-30-19(29)9-14-10-32-21(23-14)24-18(28)12-33-22-26-25-20(27(22)13(2)3)16-11-31-17-8-6-5-7-15(16)17/h10-11,13H,4-9,12H2,1-3H3,(H,23,24,28). The van der Waals surface area contributed by atoms with Crippen molar-refractivity contribution in [3.8, 4) is 11.4 Å². The van der Waals surface area contributed by atoms with Crippen molar-refractivity contribution in [2.75, 3.05) is 17.7 Å². The van der Waals surface area contributed by atoms with Gasteiger partial charge in [-0.15, -0.1) is 32.9 Å². The number of amides is 1. The molecule has 1 aliphatic carbocycles. The summed E-state index contributed by atoms with van der Waals surface area (Å²) in [7, 11) is 0. The fourth-order valence-corrected chi connectivity index (χ4v) is 6.51. The molecule has 4 rings (SSSR count). The topological polar surface area (TPSA) is 99.0 Å². The Morgan fingerprint density at radius 1 is 1.21 bits per heavy atom. The Morgan fingerprint density at radius 3 is 2.82 bits per heavy atom. The quantitative estimate of drug-likeness (QED) is 0.331. The van der Waals surface area contributed by atoms with Crippen molar-refractivity contribution in [1.82, 2.24) is 19.7 Å². The highest BCUT2D eigenvalue weighted by Gasteiger charge is 2.24. The highest BCUT2D eigenvalue weighted by Crippen LogP contribution is 2.37. The fourth-order valence-electron chi connectivity index (χ4n) is 3.80. The summed E-state index contributed by atoms with van der Waals surface area (Å²) in [6.45, 7) is 6.31. The van der Waals surface area contributed by atoms with Crippen molar-refractivity contribution in [2.45, 2.75) is 64.1 Å². The molecule has 0 spiro atoms. The number of ether oxygens (including phenoxy) is 1. The minimum Gasteiger partial charge on any atom is -0.466 e. The van der Waals surface area contributed by atoms with Crippen LogP contribution in [0.3, 0.4) is 0 Å². The molecule has 3 aromatic rings. The lowest BCUT2D eigenvalue weighted by Gasteiger charge is -2.16. The second-order valence-corrected chi connectivity index (χ2v) is 10.8. The van der Waals surface area contributed by atoms with Gasteiger partial charge in [-0.2, -0.15) is 0 Å². The Labute approximate surface area is 205 Å². The van der Waals surface area contributed by atoms with E-state index >= 15 is 0 Å². The van der Waals surface area contributed by atoms with Crippen LogP contribution in [0.1, 0.15) is 55.8 Å². The van der Waals surface area contributed by atoms with Crippen LogP contribution in [0.15, 0.2) is 15.9 Å². The Bertz CT molecular complexity index is 1130. The van der Waals surface area contributed by atoms with E-state index in [9.17, 15) is 9.59 Å². The molecule has 176 valence electrons. The largest absolute Gasteiger partial charge is 0.466 e. The van der Waals surface area contributed by atoms with Gasteiger partial charge in [0.25, 0.3) is 0 Å². The number of thioether (sulfide) groups is 1. The van der Waals surface area contributed by atoms with Crippen molar-refractivity contribution in [3.63, 3.8) is 0 Å². The van der Waals surface area contributed by atoms with Crippen LogP contribution in [0, 0.1) is 0 Å². The summed E-state index contributed by atoms with van der Waals surface area (Å²) in [5.41, 5.74) is 3.19. The number of carbonyl (C=O) groups excluding carboxylic acids is 2. The molecule has 0 unspecified atom stereocenters. The molecular weight excluding hydrogens is 478 g/mol. The van der Waals surface area contributed by atoms with Crippen LogP contribution >= 0.6 is 34.4 Å². The molecule has 1 amide bonds. The van der Waals surface area contributed by atoms with Crippen molar-refractivity contribution in [1.29, 1.82) is 0 Å². The Morgan fingerprint density at radius 2 is 2.03 bits per heavy atom. The number of aromatic nitrogens is 4. The normalized spacial score (nSPS) is 13.2. The Hall–Kier alpha value is -2.24. The monoisotopic (exact) mass is 505 g/mol. The zero-order valence-corrected chi connectivity index (χ0v) is 21.4. The number of hydrogen-bond acceptors (Lipinski definition) is 9. The lowest BCUT2D eigenvalue weighted by Crippen LogP contribution is -2.15. The molecule has 1 aliphatic rings. The third-order valence-electron chi connectivity index (χ3n) is 5.24. The van der Waals surface area contributed by atoms with E-state index in [1.165, 1.54) is 51.9 Å². The first-order valence-electron chi connectivity index (χ1n) is 11.0. The van der Waals surface area contributed by atoms with Crippen LogP contribution < -0.4 is 5.32 Å². The van der Waals surface area contributed by atoms with E-state index in [0.29, 0.717) is 17.4 Å². The van der Waals surface area contributed by atoms with Crippen molar-refractivity contribution in [3.05, 3.63) is 26.9 Å². The summed E-state index contributed by atoms with van der Waals surface area (Å²) in [6.07, 6.45) is 4.81. The second kappa shape index (κ2) is 10.8. The molecular formula is C22H27N5O3S3. The van der Waals surface area contributed by atoms with Crippen LogP contribution in [0.5, 0.6) is 0 Å². The molecule has 33 heavy (non-hydrogen) atoms. The molecule has 0 bridgehead atoms. The van der Waals surface area contributed by atoms with Gasteiger partial charge in [-0.25, -0.2) is 4.98 Å². The maximum absolute atomic E-state index is 12.5. The Balaban J connectivity index is 1.41. The number of esters is 1. The molecule has 8 nitrogen and oxygen atoms in total. The first-order chi connectivity index (χ1) is 16.0. The van der Waals surface area contributed by atoms with E-state index in [1.54, 1.807) is 12.3 Å². The van der Waals surface area contributed by atoms with E-state index in [1.807, 2.05) is 11.3 Å². The highest BCUT2D eigenvalue weighted by atomic mass is 32.2. The van der Waals surface area contributed by atoms with Crippen LogP contribution in [0.2, 0.25) is 0 Å². The number of nitrogens with one attached hydrogen (secondary N) is 1. The molecule has 11 heteroatoms. The van der Waals surface area contributed by atoms with E-state index < -0.39 is 0 Å². The molecule has 0 radical (unpaired) electrons. The maximum Gasteiger partial charge on any atom is 0.311 e. The number of nitrogens with zero attached hydrogens (tertiary/aromatic N) is 4. The van der Waals surface area contributed by atoms with Gasteiger partial charge in [0.2, 0.25) is 5.91 Å². The average molecular weight is 506 g/mol. The molecule has 0 fully saturated rings. The number of aryl methyl sites for hydroxylation is 1. The molecule has 3 aromatic heterocycles. The second-order valence-electron chi connectivity index (χ2n) is 7.99. The lowest BCUT2D eigenvalue weighted by molar-refractivity contribution is -0.142. The zero-order chi connectivity index (χ0) is 23.4. The van der Waals surface area contributed by atoms with Crippen LogP contribution in [0.25, 0.3) is 11.4 Å². The lowest BCUT2D eigenvalue weighted by atomic mass is 9.95. The third kappa shape index (κ3) is 5.64. The van der Waals surface area contributed by atoms with Gasteiger partial charge in [0, 0.05) is 27.2 Å². The highest BCUT2D eigenvalue weighted by molar-refractivity contribution is 7.99. The number of hydrogen-bond donors (Lipinski definition) is 1.